The molecule has 0 bridgehead atoms. The summed E-state index contributed by atoms with van der Waals surface area (Å²) in [7, 11) is 0. The molecule has 1 aliphatic rings. The minimum atomic E-state index is 0.665. The Labute approximate surface area is 75.0 Å². The van der Waals surface area contributed by atoms with Crippen molar-refractivity contribution in [1.29, 1.82) is 0 Å². The van der Waals surface area contributed by atoms with Crippen LogP contribution in [0.25, 0.3) is 0 Å². The van der Waals surface area contributed by atoms with Crippen LogP contribution >= 0.6 is 15.9 Å². The number of hydrogen-bond acceptors (Lipinski definition) is 1. The van der Waals surface area contributed by atoms with Gasteiger partial charge in [0.05, 0.1) is 0 Å². The molecule has 1 atom stereocenters. The standard InChI is InChI=1S/C9H10BrN/c1-6-2-3-7-4-8(10)5-11-9(6)7/h4-6H,2-3H2,1H3/t6-/m1/s1. The molecule has 0 unspecified atom stereocenters. The van der Waals surface area contributed by atoms with Crippen LogP contribution in [-0.4, -0.2) is 4.98 Å². The Bertz CT molecular complexity index is 283. The van der Waals surface area contributed by atoms with Gasteiger partial charge in [0.2, 0.25) is 0 Å². The maximum absolute atomic E-state index is 4.39. The zero-order chi connectivity index (χ0) is 7.84. The van der Waals surface area contributed by atoms with Gasteiger partial charge in [0, 0.05) is 16.4 Å². The highest BCUT2D eigenvalue weighted by molar-refractivity contribution is 9.10. The average Bonchev–Trinajstić information content (AvgIpc) is 2.32. The normalized spacial score (nSPS) is 21.8. The number of rotatable bonds is 0. The lowest BCUT2D eigenvalue weighted by Crippen LogP contribution is -1.90. The number of aryl methyl sites for hydroxylation is 1. The first kappa shape index (κ1) is 7.29. The van der Waals surface area contributed by atoms with E-state index in [4.69, 9.17) is 0 Å². The second-order valence-corrected chi connectivity index (χ2v) is 4.05. The summed E-state index contributed by atoms with van der Waals surface area (Å²) in [5, 5.41) is 0. The van der Waals surface area contributed by atoms with Crippen LogP contribution in [0.2, 0.25) is 0 Å². The van der Waals surface area contributed by atoms with Crippen molar-refractivity contribution in [2.45, 2.75) is 25.7 Å². The molecule has 0 N–H and O–H groups in total. The van der Waals surface area contributed by atoms with Crippen molar-refractivity contribution in [2.75, 3.05) is 0 Å². The molecule has 0 amide bonds. The Morgan fingerprint density at radius 2 is 2.45 bits per heavy atom. The first-order valence-corrected chi connectivity index (χ1v) is 4.71. The molecule has 0 saturated carbocycles. The van der Waals surface area contributed by atoms with Gasteiger partial charge in [0.1, 0.15) is 0 Å². The Balaban J connectivity index is 2.50. The molecule has 0 radical (unpaired) electrons. The van der Waals surface area contributed by atoms with E-state index in [-0.39, 0.29) is 0 Å². The highest BCUT2D eigenvalue weighted by Crippen LogP contribution is 2.31. The van der Waals surface area contributed by atoms with E-state index in [1.807, 2.05) is 6.20 Å². The Kier molecular flexibility index (Phi) is 1.72. The van der Waals surface area contributed by atoms with Crippen LogP contribution in [-0.2, 0) is 6.42 Å². The van der Waals surface area contributed by atoms with Gasteiger partial charge in [-0.3, -0.25) is 4.98 Å². The summed E-state index contributed by atoms with van der Waals surface area (Å²) in [5.41, 5.74) is 2.72. The van der Waals surface area contributed by atoms with Gasteiger partial charge in [0.25, 0.3) is 0 Å². The quantitative estimate of drug-likeness (QED) is 0.644. The summed E-state index contributed by atoms with van der Waals surface area (Å²) < 4.78 is 1.10. The minimum absolute atomic E-state index is 0.665. The SMILES string of the molecule is C[C@@H]1CCc2cc(Br)cnc21. The van der Waals surface area contributed by atoms with E-state index in [0.29, 0.717) is 5.92 Å². The summed E-state index contributed by atoms with van der Waals surface area (Å²) in [6, 6.07) is 2.19. The van der Waals surface area contributed by atoms with E-state index >= 15 is 0 Å². The van der Waals surface area contributed by atoms with Crippen LogP contribution in [0.5, 0.6) is 0 Å². The van der Waals surface area contributed by atoms with E-state index in [0.717, 1.165) is 4.47 Å². The van der Waals surface area contributed by atoms with Crippen molar-refractivity contribution < 1.29 is 0 Å². The lowest BCUT2D eigenvalue weighted by atomic mass is 10.1. The molecule has 1 aromatic rings. The summed E-state index contributed by atoms with van der Waals surface area (Å²) in [4.78, 5) is 4.39. The summed E-state index contributed by atoms with van der Waals surface area (Å²) in [6.45, 7) is 2.24. The molecule has 1 heterocycles. The molecule has 1 nitrogen and oxygen atoms in total. The number of halogens is 1. The number of aromatic nitrogens is 1. The third-order valence-corrected chi connectivity index (χ3v) is 2.72. The zero-order valence-electron chi connectivity index (χ0n) is 6.47. The molecule has 1 aliphatic carbocycles. The monoisotopic (exact) mass is 211 g/mol. The minimum Gasteiger partial charge on any atom is -0.260 e. The van der Waals surface area contributed by atoms with Crippen LogP contribution in [0.3, 0.4) is 0 Å². The molecule has 0 aliphatic heterocycles. The molecular formula is C9H10BrN. The van der Waals surface area contributed by atoms with E-state index in [9.17, 15) is 0 Å². The predicted octanol–water partition coefficient (Wildman–Crippen LogP) is 2.89. The third kappa shape index (κ3) is 1.20. The van der Waals surface area contributed by atoms with Gasteiger partial charge in [-0.05, 0) is 46.3 Å². The predicted molar refractivity (Wildman–Crippen MR) is 48.7 cm³/mol. The van der Waals surface area contributed by atoms with Gasteiger partial charge < -0.3 is 0 Å². The van der Waals surface area contributed by atoms with Crippen molar-refractivity contribution in [3.8, 4) is 0 Å². The Morgan fingerprint density at radius 3 is 3.27 bits per heavy atom. The van der Waals surface area contributed by atoms with Crippen LogP contribution < -0.4 is 0 Å². The molecule has 0 spiro atoms. The highest BCUT2D eigenvalue weighted by Gasteiger charge is 2.19. The zero-order valence-corrected chi connectivity index (χ0v) is 8.06. The molecule has 0 saturated heterocycles. The van der Waals surface area contributed by atoms with Crippen molar-refractivity contribution in [3.05, 3.63) is 28.0 Å². The van der Waals surface area contributed by atoms with E-state index in [1.165, 1.54) is 24.1 Å². The largest absolute Gasteiger partial charge is 0.260 e. The summed E-state index contributed by atoms with van der Waals surface area (Å²) in [5.74, 6) is 0.665. The Hall–Kier alpha value is -0.370. The smallest absolute Gasteiger partial charge is 0.0464 e. The number of fused-ring (bicyclic) bond motifs is 1. The maximum Gasteiger partial charge on any atom is 0.0464 e. The van der Waals surface area contributed by atoms with Crippen molar-refractivity contribution in [1.82, 2.24) is 4.98 Å². The lowest BCUT2D eigenvalue weighted by molar-refractivity contribution is 0.731. The number of hydrogen-bond donors (Lipinski definition) is 0. The van der Waals surface area contributed by atoms with E-state index in [2.05, 4.69) is 33.9 Å². The van der Waals surface area contributed by atoms with E-state index < -0.39 is 0 Å². The van der Waals surface area contributed by atoms with Gasteiger partial charge >= 0.3 is 0 Å². The fraction of sp³-hybridized carbons (Fsp3) is 0.444. The molecule has 0 aromatic carbocycles. The second kappa shape index (κ2) is 2.59. The highest BCUT2D eigenvalue weighted by atomic mass is 79.9. The second-order valence-electron chi connectivity index (χ2n) is 3.14. The van der Waals surface area contributed by atoms with Crippen LogP contribution in [0, 0.1) is 0 Å². The molecule has 1 aromatic heterocycles. The topological polar surface area (TPSA) is 12.9 Å². The van der Waals surface area contributed by atoms with Crippen LogP contribution in [0.15, 0.2) is 16.7 Å². The fourth-order valence-corrected chi connectivity index (χ4v) is 2.02. The number of pyridine rings is 1. The van der Waals surface area contributed by atoms with Gasteiger partial charge in [0.15, 0.2) is 0 Å². The van der Waals surface area contributed by atoms with Gasteiger partial charge in [-0.15, -0.1) is 0 Å². The summed E-state index contributed by atoms with van der Waals surface area (Å²) >= 11 is 3.42. The van der Waals surface area contributed by atoms with Gasteiger partial charge in [-0.2, -0.15) is 0 Å². The van der Waals surface area contributed by atoms with Crippen LogP contribution in [0.4, 0.5) is 0 Å². The number of nitrogens with zero attached hydrogens (tertiary/aromatic N) is 1. The average molecular weight is 212 g/mol. The molecule has 2 heteroatoms. The summed E-state index contributed by atoms with van der Waals surface area (Å²) in [6.07, 6.45) is 4.35. The molecule has 11 heavy (non-hydrogen) atoms. The van der Waals surface area contributed by atoms with Crippen molar-refractivity contribution in [3.63, 3.8) is 0 Å². The van der Waals surface area contributed by atoms with Crippen LogP contribution in [0.1, 0.15) is 30.5 Å². The first-order valence-electron chi connectivity index (χ1n) is 3.91. The maximum atomic E-state index is 4.39. The first-order chi connectivity index (χ1) is 5.27. The lowest BCUT2D eigenvalue weighted by Gasteiger charge is -2.01. The Morgan fingerprint density at radius 1 is 1.64 bits per heavy atom. The molecule has 2 rings (SSSR count). The molecule has 0 fully saturated rings. The van der Waals surface area contributed by atoms with Crippen molar-refractivity contribution in [2.24, 2.45) is 0 Å². The van der Waals surface area contributed by atoms with Crippen molar-refractivity contribution >= 4 is 15.9 Å². The third-order valence-electron chi connectivity index (χ3n) is 2.28. The fourth-order valence-electron chi connectivity index (χ4n) is 1.64. The van der Waals surface area contributed by atoms with Gasteiger partial charge in [-0.25, -0.2) is 0 Å². The van der Waals surface area contributed by atoms with Gasteiger partial charge in [-0.1, -0.05) is 6.92 Å². The van der Waals surface area contributed by atoms with E-state index in [1.54, 1.807) is 0 Å². The molecular weight excluding hydrogens is 202 g/mol. The molecule has 58 valence electrons.